The number of aliphatic imine (C=N–C) groups is 1. The van der Waals surface area contributed by atoms with Crippen LogP contribution in [0.2, 0.25) is 0 Å². The van der Waals surface area contributed by atoms with E-state index in [1.54, 1.807) is 19.1 Å². The van der Waals surface area contributed by atoms with Crippen LogP contribution >= 0.6 is 0 Å². The number of fused-ring (bicyclic) bond motifs is 1. The Balaban J connectivity index is 2.06. The molecule has 7 nitrogen and oxygen atoms in total. The van der Waals surface area contributed by atoms with Gasteiger partial charge in [0.2, 0.25) is 18.0 Å². The zero-order chi connectivity index (χ0) is 33.0. The number of nitrogens with zero attached hydrogens (tertiary/aromatic N) is 1. The number of nitrogens with one attached hydrogen (secondary N) is 2. The summed E-state index contributed by atoms with van der Waals surface area (Å²) in [7, 11) is 0. The molecule has 16 heteroatoms. The van der Waals surface area contributed by atoms with Crippen LogP contribution in [-0.4, -0.2) is 42.0 Å². The number of carbonyl (C=O) groups is 3. The molecule has 0 aromatic heterocycles. The molecule has 240 valence electrons. The summed E-state index contributed by atoms with van der Waals surface area (Å²) in [6, 6.07) is 9.26. The third kappa shape index (κ3) is 9.19. The molecular formula is C28H27F9N4O3. The number of carbonyl (C=O) groups excluding carboxylic acids is 3. The minimum atomic E-state index is -4.94. The molecule has 3 unspecified atom stereocenters. The maximum Gasteiger partial charge on any atom is 0.418 e. The summed E-state index contributed by atoms with van der Waals surface area (Å²) in [5, 5.41) is 4.16. The summed E-state index contributed by atoms with van der Waals surface area (Å²) in [6.07, 6.45) is -22.0. The van der Waals surface area contributed by atoms with Crippen LogP contribution in [0.3, 0.4) is 0 Å². The van der Waals surface area contributed by atoms with E-state index < -0.39 is 97.6 Å². The van der Waals surface area contributed by atoms with Crippen molar-refractivity contribution in [3.63, 3.8) is 0 Å². The second-order valence-electron chi connectivity index (χ2n) is 10.3. The molecule has 2 aromatic rings. The van der Waals surface area contributed by atoms with Gasteiger partial charge in [0, 0.05) is 35.8 Å². The molecule has 4 N–H and O–H groups in total. The highest BCUT2D eigenvalue weighted by Gasteiger charge is 2.41. The Morgan fingerprint density at radius 3 is 2.14 bits per heavy atom. The second-order valence-corrected chi connectivity index (χ2v) is 10.3. The zero-order valence-corrected chi connectivity index (χ0v) is 23.0. The van der Waals surface area contributed by atoms with Crippen molar-refractivity contribution in [3.8, 4) is 0 Å². The van der Waals surface area contributed by atoms with Crippen LogP contribution < -0.4 is 16.4 Å². The molecule has 1 aliphatic heterocycles. The molecule has 0 aliphatic carbocycles. The van der Waals surface area contributed by atoms with E-state index in [0.29, 0.717) is 11.6 Å². The van der Waals surface area contributed by atoms with Crippen LogP contribution in [0, 0.1) is 18.8 Å². The van der Waals surface area contributed by atoms with Gasteiger partial charge in [-0.1, -0.05) is 35.9 Å². The molecule has 1 heterocycles. The first-order valence-electron chi connectivity index (χ1n) is 13.2. The largest absolute Gasteiger partial charge is 0.418 e. The molecule has 3 amide bonds. The summed E-state index contributed by atoms with van der Waals surface area (Å²) >= 11 is 0. The normalized spacial score (nSPS) is 17.1. The minimum absolute atomic E-state index is 0.175. The van der Waals surface area contributed by atoms with Gasteiger partial charge in [-0.3, -0.25) is 14.4 Å². The second kappa shape index (κ2) is 13.3. The Kier molecular flexibility index (Phi) is 10.4. The van der Waals surface area contributed by atoms with E-state index >= 15 is 0 Å². The Morgan fingerprint density at radius 1 is 0.932 bits per heavy atom. The molecule has 44 heavy (non-hydrogen) atoms. The number of hydrogen-bond acceptors (Lipinski definition) is 4. The zero-order valence-electron chi connectivity index (χ0n) is 23.0. The predicted octanol–water partition coefficient (Wildman–Crippen LogP) is 6.04. The molecule has 2 aromatic carbocycles. The van der Waals surface area contributed by atoms with E-state index in [1.807, 2.05) is 0 Å². The average molecular weight is 639 g/mol. The molecule has 0 saturated heterocycles. The van der Waals surface area contributed by atoms with Gasteiger partial charge in [-0.25, -0.2) is 4.99 Å². The number of anilines is 1. The molecule has 3 rings (SSSR count). The van der Waals surface area contributed by atoms with Crippen molar-refractivity contribution in [2.24, 2.45) is 22.6 Å². The Labute approximate surface area is 245 Å². The highest BCUT2D eigenvalue weighted by Crippen LogP contribution is 2.39. The van der Waals surface area contributed by atoms with Gasteiger partial charge in [0.15, 0.2) is 0 Å². The van der Waals surface area contributed by atoms with Gasteiger partial charge in [0.05, 0.1) is 17.0 Å². The number of primary amides is 1. The maximum absolute atomic E-state index is 13.9. The summed E-state index contributed by atoms with van der Waals surface area (Å²) in [4.78, 5) is 42.8. The first kappa shape index (κ1) is 34.4. The van der Waals surface area contributed by atoms with Crippen LogP contribution in [0.25, 0.3) is 0 Å². The van der Waals surface area contributed by atoms with Gasteiger partial charge in [0.25, 0.3) is 5.91 Å². The SMILES string of the molecule is Cc1cccc(C2=NC(NC(=O)C(CCC(F)(F)F)C(CCCC(F)(F)F)C(N)=O)C(=O)Nc3c2cccc3C(F)(F)F)c1. The average Bonchev–Trinajstić information content (AvgIpc) is 3.01. The van der Waals surface area contributed by atoms with E-state index in [1.165, 1.54) is 18.2 Å². The number of hydrogen-bond donors (Lipinski definition) is 3. The van der Waals surface area contributed by atoms with Crippen LogP contribution in [-0.2, 0) is 20.6 Å². The Morgan fingerprint density at radius 2 is 1.57 bits per heavy atom. The number of nitrogens with two attached hydrogens (primary N) is 1. The molecule has 0 saturated carbocycles. The lowest BCUT2D eigenvalue weighted by atomic mass is 9.83. The summed E-state index contributed by atoms with van der Waals surface area (Å²) in [5.74, 6) is -7.74. The monoisotopic (exact) mass is 638 g/mol. The molecular weight excluding hydrogens is 611 g/mol. The number of benzene rings is 2. The summed E-state index contributed by atoms with van der Waals surface area (Å²) in [6.45, 7) is 1.67. The first-order chi connectivity index (χ1) is 20.3. The predicted molar refractivity (Wildman–Crippen MR) is 140 cm³/mol. The quantitative estimate of drug-likeness (QED) is 0.276. The lowest BCUT2D eigenvalue weighted by Gasteiger charge is -2.26. The van der Waals surface area contributed by atoms with Gasteiger partial charge < -0.3 is 16.4 Å². The van der Waals surface area contributed by atoms with E-state index in [-0.39, 0.29) is 16.8 Å². The molecule has 0 fully saturated rings. The van der Waals surface area contributed by atoms with Crippen molar-refractivity contribution in [2.75, 3.05) is 5.32 Å². The minimum Gasteiger partial charge on any atom is -0.369 e. The number of benzodiazepines with no additional fused rings is 1. The van der Waals surface area contributed by atoms with Crippen molar-refractivity contribution < 1.29 is 53.9 Å². The van der Waals surface area contributed by atoms with Crippen molar-refractivity contribution in [2.45, 2.75) is 63.7 Å². The lowest BCUT2D eigenvalue weighted by Crippen LogP contribution is -2.48. The third-order valence-electron chi connectivity index (χ3n) is 6.85. The molecule has 3 atom stereocenters. The van der Waals surface area contributed by atoms with Gasteiger partial charge in [-0.15, -0.1) is 0 Å². The maximum atomic E-state index is 13.9. The van der Waals surface area contributed by atoms with Gasteiger partial charge in [-0.05, 0) is 38.3 Å². The smallest absolute Gasteiger partial charge is 0.369 e. The highest BCUT2D eigenvalue weighted by atomic mass is 19.4. The van der Waals surface area contributed by atoms with E-state index in [0.717, 1.165) is 6.07 Å². The number of halogens is 9. The lowest BCUT2D eigenvalue weighted by molar-refractivity contribution is -0.147. The molecule has 0 radical (unpaired) electrons. The van der Waals surface area contributed by atoms with Crippen molar-refractivity contribution in [3.05, 3.63) is 64.7 Å². The highest BCUT2D eigenvalue weighted by molar-refractivity contribution is 6.20. The number of para-hydroxylation sites is 1. The van der Waals surface area contributed by atoms with Crippen molar-refractivity contribution in [1.82, 2.24) is 5.32 Å². The number of alkyl halides is 9. The summed E-state index contributed by atoms with van der Waals surface area (Å²) in [5.41, 5.74) is 3.89. The van der Waals surface area contributed by atoms with E-state index in [2.05, 4.69) is 15.6 Å². The topological polar surface area (TPSA) is 114 Å². The van der Waals surface area contributed by atoms with Crippen LogP contribution in [0.1, 0.15) is 54.4 Å². The summed E-state index contributed by atoms with van der Waals surface area (Å²) < 4.78 is 119. The van der Waals surface area contributed by atoms with E-state index in [9.17, 15) is 53.9 Å². The van der Waals surface area contributed by atoms with Crippen LogP contribution in [0.5, 0.6) is 0 Å². The molecule has 0 bridgehead atoms. The van der Waals surface area contributed by atoms with Gasteiger partial charge in [0.1, 0.15) is 0 Å². The van der Waals surface area contributed by atoms with Crippen LogP contribution in [0.4, 0.5) is 45.2 Å². The van der Waals surface area contributed by atoms with Gasteiger partial charge in [-0.2, -0.15) is 39.5 Å². The number of amides is 3. The number of aryl methyl sites for hydroxylation is 1. The standard InChI is InChI=1S/C28H27F9N4O3/c1-14-5-2-6-15(13-14)20-18-7-3-9-19(28(35,36)37)21(18)40-25(44)23(39-20)41-24(43)17(10-12-27(32,33)34)16(22(38)42)8-4-11-26(29,30)31/h2-3,5-7,9,13,16-17,23H,4,8,10-12H2,1H3,(H2,38,42)(H,40,44)(H,41,43). The van der Waals surface area contributed by atoms with Gasteiger partial charge >= 0.3 is 18.5 Å². The Bertz CT molecular complexity index is 1420. The molecule has 1 aliphatic rings. The first-order valence-corrected chi connectivity index (χ1v) is 13.2. The number of rotatable bonds is 10. The van der Waals surface area contributed by atoms with E-state index in [4.69, 9.17) is 5.73 Å². The van der Waals surface area contributed by atoms with Crippen molar-refractivity contribution in [1.29, 1.82) is 0 Å². The van der Waals surface area contributed by atoms with Crippen molar-refractivity contribution >= 4 is 29.1 Å². The van der Waals surface area contributed by atoms with Crippen LogP contribution in [0.15, 0.2) is 47.5 Å². The Hall–Kier alpha value is -4.11. The third-order valence-corrected chi connectivity index (χ3v) is 6.85. The fourth-order valence-electron chi connectivity index (χ4n) is 4.83. The fourth-order valence-corrected chi connectivity index (χ4v) is 4.83. The molecule has 0 spiro atoms. The fraction of sp³-hybridized carbons (Fsp3) is 0.429.